The zero-order valence-corrected chi connectivity index (χ0v) is 11.5. The van der Waals surface area contributed by atoms with E-state index in [0.717, 1.165) is 28.0 Å². The van der Waals surface area contributed by atoms with Crippen molar-refractivity contribution in [2.75, 3.05) is 7.11 Å². The molecule has 0 amide bonds. The Morgan fingerprint density at radius 1 is 0.900 bits per heavy atom. The highest BCUT2D eigenvalue weighted by atomic mass is 16.5. The van der Waals surface area contributed by atoms with Gasteiger partial charge in [0.15, 0.2) is 0 Å². The van der Waals surface area contributed by atoms with E-state index in [0.29, 0.717) is 5.88 Å². The highest BCUT2D eigenvalue weighted by Crippen LogP contribution is 2.27. The summed E-state index contributed by atoms with van der Waals surface area (Å²) in [6.45, 7) is 2.04. The van der Waals surface area contributed by atoms with Gasteiger partial charge in [0.25, 0.3) is 0 Å². The summed E-state index contributed by atoms with van der Waals surface area (Å²) in [5.41, 5.74) is 2.01. The van der Waals surface area contributed by atoms with Crippen LogP contribution in [0, 0.1) is 6.92 Å². The van der Waals surface area contributed by atoms with Crippen molar-refractivity contribution in [3.63, 3.8) is 0 Å². The maximum absolute atomic E-state index is 5.78. The third-order valence-corrected chi connectivity index (χ3v) is 3.16. The monoisotopic (exact) mass is 265 g/mol. The number of para-hydroxylation sites is 1. The Labute approximate surface area is 117 Å². The molecule has 0 atom stereocenters. The van der Waals surface area contributed by atoms with Gasteiger partial charge in [-0.05, 0) is 42.8 Å². The Bertz CT molecular complexity index is 739. The maximum Gasteiger partial charge on any atom is 0.220 e. The van der Waals surface area contributed by atoms with Crippen LogP contribution in [0.1, 0.15) is 5.56 Å². The van der Waals surface area contributed by atoms with Crippen molar-refractivity contribution in [3.05, 3.63) is 60.2 Å². The average molecular weight is 265 g/mol. The molecule has 0 fully saturated rings. The fourth-order valence-corrected chi connectivity index (χ4v) is 2.13. The summed E-state index contributed by atoms with van der Waals surface area (Å²) in [6.07, 6.45) is 0. The first kappa shape index (κ1) is 12.5. The quantitative estimate of drug-likeness (QED) is 0.705. The minimum Gasteiger partial charge on any atom is -0.497 e. The van der Waals surface area contributed by atoms with Crippen LogP contribution in [0.4, 0.5) is 0 Å². The van der Waals surface area contributed by atoms with Gasteiger partial charge in [0.1, 0.15) is 11.5 Å². The third kappa shape index (κ3) is 2.43. The predicted octanol–water partition coefficient (Wildman–Crippen LogP) is 4.34. The molecule has 0 radical (unpaired) electrons. The lowest BCUT2D eigenvalue weighted by molar-refractivity contribution is 0.415. The molecule has 1 aromatic heterocycles. The number of aromatic nitrogens is 1. The minimum atomic E-state index is 0.603. The Balaban J connectivity index is 2.02. The smallest absolute Gasteiger partial charge is 0.220 e. The second kappa shape index (κ2) is 5.21. The molecular weight excluding hydrogens is 250 g/mol. The van der Waals surface area contributed by atoms with Crippen LogP contribution in [0.5, 0.6) is 17.4 Å². The first-order valence-corrected chi connectivity index (χ1v) is 6.44. The van der Waals surface area contributed by atoms with E-state index in [1.54, 1.807) is 7.11 Å². The summed E-state index contributed by atoms with van der Waals surface area (Å²) in [4.78, 5) is 4.53. The zero-order chi connectivity index (χ0) is 13.9. The van der Waals surface area contributed by atoms with E-state index in [1.807, 2.05) is 61.5 Å². The van der Waals surface area contributed by atoms with E-state index in [2.05, 4.69) is 4.98 Å². The molecule has 0 N–H and O–H groups in total. The first-order valence-electron chi connectivity index (χ1n) is 6.44. The molecule has 1 heterocycles. The van der Waals surface area contributed by atoms with Crippen molar-refractivity contribution in [1.29, 1.82) is 0 Å². The molecule has 0 aliphatic rings. The second-order valence-electron chi connectivity index (χ2n) is 4.58. The van der Waals surface area contributed by atoms with Crippen molar-refractivity contribution in [3.8, 4) is 17.4 Å². The van der Waals surface area contributed by atoms with Crippen molar-refractivity contribution in [2.45, 2.75) is 6.92 Å². The number of hydrogen-bond acceptors (Lipinski definition) is 3. The molecule has 3 heteroatoms. The summed E-state index contributed by atoms with van der Waals surface area (Å²) in [6, 6.07) is 17.4. The van der Waals surface area contributed by atoms with Crippen LogP contribution in [0.15, 0.2) is 54.6 Å². The third-order valence-electron chi connectivity index (χ3n) is 3.16. The minimum absolute atomic E-state index is 0.603. The summed E-state index contributed by atoms with van der Waals surface area (Å²) in [7, 11) is 1.66. The van der Waals surface area contributed by atoms with Crippen LogP contribution in [0.3, 0.4) is 0 Å². The highest BCUT2D eigenvalue weighted by molar-refractivity contribution is 5.84. The van der Waals surface area contributed by atoms with Gasteiger partial charge >= 0.3 is 0 Å². The van der Waals surface area contributed by atoms with Gasteiger partial charge in [-0.3, -0.25) is 0 Å². The van der Waals surface area contributed by atoms with Gasteiger partial charge in [-0.2, -0.15) is 0 Å². The van der Waals surface area contributed by atoms with Gasteiger partial charge in [-0.15, -0.1) is 0 Å². The van der Waals surface area contributed by atoms with E-state index >= 15 is 0 Å². The maximum atomic E-state index is 5.78. The van der Waals surface area contributed by atoms with E-state index < -0.39 is 0 Å². The van der Waals surface area contributed by atoms with Gasteiger partial charge in [0, 0.05) is 11.5 Å². The SMILES string of the molecule is COc1ccc2nc(Oc3ccccc3)cc(C)c2c1. The molecule has 100 valence electrons. The van der Waals surface area contributed by atoms with Crippen molar-refractivity contribution in [1.82, 2.24) is 4.98 Å². The Morgan fingerprint density at radius 3 is 2.45 bits per heavy atom. The lowest BCUT2D eigenvalue weighted by Gasteiger charge is -2.09. The van der Waals surface area contributed by atoms with Crippen LogP contribution in [0.2, 0.25) is 0 Å². The highest BCUT2D eigenvalue weighted by Gasteiger charge is 2.06. The van der Waals surface area contributed by atoms with Crippen LogP contribution in [0.25, 0.3) is 10.9 Å². The molecule has 0 aliphatic heterocycles. The van der Waals surface area contributed by atoms with E-state index in [1.165, 1.54) is 0 Å². The molecule has 0 aliphatic carbocycles. The Morgan fingerprint density at radius 2 is 1.70 bits per heavy atom. The number of benzene rings is 2. The van der Waals surface area contributed by atoms with Crippen LogP contribution in [-0.2, 0) is 0 Å². The first-order chi connectivity index (χ1) is 9.76. The number of ether oxygens (including phenoxy) is 2. The lowest BCUT2D eigenvalue weighted by atomic mass is 10.1. The van der Waals surface area contributed by atoms with Gasteiger partial charge in [-0.1, -0.05) is 18.2 Å². The predicted molar refractivity (Wildman–Crippen MR) is 79.5 cm³/mol. The normalized spacial score (nSPS) is 10.5. The fraction of sp³-hybridized carbons (Fsp3) is 0.118. The van der Waals surface area contributed by atoms with Gasteiger partial charge in [0.05, 0.1) is 12.6 Å². The summed E-state index contributed by atoms with van der Waals surface area (Å²) >= 11 is 0. The number of rotatable bonds is 3. The summed E-state index contributed by atoms with van der Waals surface area (Å²) in [5.74, 6) is 2.22. The summed E-state index contributed by atoms with van der Waals surface area (Å²) in [5, 5.41) is 1.07. The van der Waals surface area contributed by atoms with Crippen molar-refractivity contribution >= 4 is 10.9 Å². The molecule has 0 saturated heterocycles. The molecule has 0 spiro atoms. The molecule has 3 aromatic rings. The van der Waals surface area contributed by atoms with Crippen LogP contribution < -0.4 is 9.47 Å². The molecule has 20 heavy (non-hydrogen) atoms. The van der Waals surface area contributed by atoms with Gasteiger partial charge < -0.3 is 9.47 Å². The molecule has 0 unspecified atom stereocenters. The molecule has 3 nitrogen and oxygen atoms in total. The van der Waals surface area contributed by atoms with E-state index in [4.69, 9.17) is 9.47 Å². The van der Waals surface area contributed by atoms with Crippen molar-refractivity contribution < 1.29 is 9.47 Å². The zero-order valence-electron chi connectivity index (χ0n) is 11.5. The topological polar surface area (TPSA) is 31.4 Å². The lowest BCUT2D eigenvalue weighted by Crippen LogP contribution is -1.91. The van der Waals surface area contributed by atoms with Crippen molar-refractivity contribution in [2.24, 2.45) is 0 Å². The molecule has 0 bridgehead atoms. The van der Waals surface area contributed by atoms with E-state index in [-0.39, 0.29) is 0 Å². The number of aryl methyl sites for hydroxylation is 1. The number of nitrogens with zero attached hydrogens (tertiary/aromatic N) is 1. The molecular formula is C17H15NO2. The number of hydrogen-bond donors (Lipinski definition) is 0. The van der Waals surface area contributed by atoms with Gasteiger partial charge in [0.2, 0.25) is 5.88 Å². The number of pyridine rings is 1. The van der Waals surface area contributed by atoms with E-state index in [9.17, 15) is 0 Å². The second-order valence-corrected chi connectivity index (χ2v) is 4.58. The fourth-order valence-electron chi connectivity index (χ4n) is 2.13. The Hall–Kier alpha value is -2.55. The largest absolute Gasteiger partial charge is 0.497 e. The van der Waals surface area contributed by atoms with Gasteiger partial charge in [-0.25, -0.2) is 4.98 Å². The number of methoxy groups -OCH3 is 1. The average Bonchev–Trinajstić information content (AvgIpc) is 2.48. The molecule has 2 aromatic carbocycles. The number of fused-ring (bicyclic) bond motifs is 1. The standard InChI is InChI=1S/C17H15NO2/c1-12-10-17(20-13-6-4-3-5-7-13)18-16-9-8-14(19-2)11-15(12)16/h3-11H,1-2H3. The molecule has 3 rings (SSSR count). The van der Waals surface area contributed by atoms with Crippen LogP contribution in [-0.4, -0.2) is 12.1 Å². The van der Waals surface area contributed by atoms with Crippen LogP contribution >= 0.6 is 0 Å². The summed E-state index contributed by atoms with van der Waals surface area (Å²) < 4.78 is 11.0. The Kier molecular flexibility index (Phi) is 3.25. The molecule has 0 saturated carbocycles.